The summed E-state index contributed by atoms with van der Waals surface area (Å²) in [6, 6.07) is 23.6. The van der Waals surface area contributed by atoms with E-state index in [2.05, 4.69) is 5.32 Å². The lowest BCUT2D eigenvalue weighted by Crippen LogP contribution is -2.41. The fourth-order valence-corrected chi connectivity index (χ4v) is 4.41. The molecule has 0 aliphatic heterocycles. The number of hydrogen-bond acceptors (Lipinski definition) is 3. The largest absolute Gasteiger partial charge is 0.417 e. The van der Waals surface area contributed by atoms with Gasteiger partial charge in [0.1, 0.15) is 0 Å². The van der Waals surface area contributed by atoms with E-state index in [1.807, 2.05) is 60.7 Å². The molecule has 3 aromatic carbocycles. The average Bonchev–Trinajstić information content (AvgIpc) is 2.88. The van der Waals surface area contributed by atoms with Crippen molar-refractivity contribution in [3.8, 4) is 11.1 Å². The Balaban J connectivity index is 1.69. The van der Waals surface area contributed by atoms with Crippen LogP contribution in [0.2, 0.25) is 0 Å². The second-order valence-electron chi connectivity index (χ2n) is 8.80. The van der Waals surface area contributed by atoms with E-state index in [0.717, 1.165) is 17.2 Å². The third-order valence-electron chi connectivity index (χ3n) is 6.48. The molecule has 0 saturated heterocycles. The van der Waals surface area contributed by atoms with Crippen molar-refractivity contribution in [2.24, 2.45) is 12.8 Å². The van der Waals surface area contributed by atoms with Gasteiger partial charge in [-0.05, 0) is 41.8 Å². The number of hydrogen-bond donors (Lipinski definition) is 2. The van der Waals surface area contributed by atoms with Crippen molar-refractivity contribution < 1.29 is 18.0 Å². The van der Waals surface area contributed by atoms with E-state index in [4.69, 9.17) is 5.73 Å². The Bertz CT molecular complexity index is 1430. The summed E-state index contributed by atoms with van der Waals surface area (Å²) < 4.78 is 43.5. The minimum Gasteiger partial charge on any atom is -0.325 e. The van der Waals surface area contributed by atoms with Gasteiger partial charge in [-0.2, -0.15) is 13.2 Å². The predicted octanol–water partition coefficient (Wildman–Crippen LogP) is 5.48. The Morgan fingerprint density at radius 3 is 1.95 bits per heavy atom. The molecule has 8 heteroatoms. The number of rotatable bonds is 6. The summed E-state index contributed by atoms with van der Waals surface area (Å²) >= 11 is 0. The van der Waals surface area contributed by atoms with Crippen LogP contribution in [-0.4, -0.2) is 16.5 Å². The molecule has 0 bridgehead atoms. The Labute approximate surface area is 212 Å². The van der Waals surface area contributed by atoms with E-state index in [9.17, 15) is 22.8 Å². The molecule has 1 unspecified atom stereocenters. The molecule has 190 valence electrons. The molecular weight excluding hydrogens is 479 g/mol. The third-order valence-corrected chi connectivity index (χ3v) is 6.48. The van der Waals surface area contributed by atoms with Crippen LogP contribution in [0.25, 0.3) is 11.1 Å². The number of nitrogens with one attached hydrogen (secondary N) is 1. The fourth-order valence-electron chi connectivity index (χ4n) is 4.41. The first-order valence-electron chi connectivity index (χ1n) is 11.6. The summed E-state index contributed by atoms with van der Waals surface area (Å²) in [6.45, 7) is 1.58. The molecule has 4 aromatic rings. The maximum Gasteiger partial charge on any atom is 0.417 e. The fraction of sp³-hybridized carbons (Fsp3) is 0.172. The van der Waals surface area contributed by atoms with Gasteiger partial charge in [-0.25, -0.2) is 0 Å². The van der Waals surface area contributed by atoms with Crippen molar-refractivity contribution in [2.45, 2.75) is 25.1 Å². The third kappa shape index (κ3) is 5.49. The van der Waals surface area contributed by atoms with Gasteiger partial charge in [-0.1, -0.05) is 66.7 Å². The van der Waals surface area contributed by atoms with Crippen LogP contribution in [0.15, 0.2) is 95.8 Å². The van der Waals surface area contributed by atoms with E-state index in [1.165, 1.54) is 35.9 Å². The first-order chi connectivity index (χ1) is 17.6. The molecule has 1 aromatic heterocycles. The predicted molar refractivity (Wildman–Crippen MR) is 138 cm³/mol. The highest BCUT2D eigenvalue weighted by molar-refractivity contribution is 5.96. The van der Waals surface area contributed by atoms with E-state index < -0.39 is 29.6 Å². The van der Waals surface area contributed by atoms with Crippen LogP contribution >= 0.6 is 0 Å². The number of carbonyl (C=O) groups excluding carboxylic acids is 1. The maximum absolute atomic E-state index is 14.1. The highest BCUT2D eigenvalue weighted by Crippen LogP contribution is 2.39. The molecule has 0 fully saturated rings. The zero-order valence-corrected chi connectivity index (χ0v) is 20.3. The normalized spacial score (nSPS) is 12.4. The highest BCUT2D eigenvalue weighted by atomic mass is 19.4. The molecule has 0 saturated carbocycles. The first-order valence-corrected chi connectivity index (χ1v) is 11.6. The van der Waals surface area contributed by atoms with Crippen molar-refractivity contribution in [3.05, 3.63) is 124 Å². The number of alkyl halides is 3. The number of carbonyl (C=O) groups is 1. The minimum absolute atomic E-state index is 0.0288. The van der Waals surface area contributed by atoms with Gasteiger partial charge >= 0.3 is 6.18 Å². The van der Waals surface area contributed by atoms with Gasteiger partial charge in [0.25, 0.3) is 0 Å². The Morgan fingerprint density at radius 2 is 1.41 bits per heavy atom. The standard InChI is InChI=1S/C29H26F3N3O2/c1-18-22(15-16-25(36)35(18)2)23-14-13-21(17-24(23)29(30,31)32)34-28(37)27(33)26(19-9-5-3-6-10-19)20-11-7-4-8-12-20/h3-17,26-27H,33H2,1-2H3,(H,34,37). The van der Waals surface area contributed by atoms with E-state index >= 15 is 0 Å². The van der Waals surface area contributed by atoms with Gasteiger partial charge in [0.15, 0.2) is 0 Å². The molecule has 0 aliphatic rings. The lowest BCUT2D eigenvalue weighted by Gasteiger charge is -2.25. The van der Waals surface area contributed by atoms with Gasteiger partial charge in [0.2, 0.25) is 11.5 Å². The van der Waals surface area contributed by atoms with Crippen LogP contribution in [0, 0.1) is 6.92 Å². The van der Waals surface area contributed by atoms with Crippen LogP contribution in [-0.2, 0) is 18.0 Å². The number of nitrogens with zero attached hydrogens (tertiary/aromatic N) is 1. The summed E-state index contributed by atoms with van der Waals surface area (Å²) in [4.78, 5) is 25.1. The number of halogens is 3. The number of benzene rings is 3. The average molecular weight is 506 g/mol. The monoisotopic (exact) mass is 505 g/mol. The lowest BCUT2D eigenvalue weighted by atomic mass is 9.85. The molecule has 1 heterocycles. The van der Waals surface area contributed by atoms with Gasteiger partial charge in [0, 0.05) is 36.0 Å². The van der Waals surface area contributed by atoms with Crippen molar-refractivity contribution >= 4 is 11.6 Å². The molecule has 0 spiro atoms. The molecular formula is C29H26F3N3O2. The Hall–Kier alpha value is -4.17. The smallest absolute Gasteiger partial charge is 0.325 e. The zero-order chi connectivity index (χ0) is 26.7. The SMILES string of the molecule is Cc1c(-c2ccc(NC(=O)C(N)C(c3ccccc3)c3ccccc3)cc2C(F)(F)F)ccc(=O)n1C. The van der Waals surface area contributed by atoms with E-state index in [1.54, 1.807) is 6.92 Å². The Morgan fingerprint density at radius 1 is 0.865 bits per heavy atom. The summed E-state index contributed by atoms with van der Waals surface area (Å²) in [5, 5.41) is 2.57. The molecule has 3 N–H and O–H groups in total. The van der Waals surface area contributed by atoms with Crippen molar-refractivity contribution in [3.63, 3.8) is 0 Å². The number of pyridine rings is 1. The molecule has 0 aliphatic carbocycles. The molecule has 5 nitrogen and oxygen atoms in total. The van der Waals surface area contributed by atoms with Gasteiger partial charge < -0.3 is 15.6 Å². The first kappa shape index (κ1) is 25.9. The highest BCUT2D eigenvalue weighted by Gasteiger charge is 2.35. The molecule has 1 atom stereocenters. The van der Waals surface area contributed by atoms with Crippen LogP contribution in [0.5, 0.6) is 0 Å². The van der Waals surface area contributed by atoms with Crippen LogP contribution in [0.1, 0.15) is 28.3 Å². The van der Waals surface area contributed by atoms with E-state index in [-0.39, 0.29) is 22.4 Å². The second-order valence-corrected chi connectivity index (χ2v) is 8.80. The molecule has 1 amide bonds. The Kier molecular flexibility index (Phi) is 7.31. The topological polar surface area (TPSA) is 77.1 Å². The molecule has 0 radical (unpaired) electrons. The van der Waals surface area contributed by atoms with Gasteiger partial charge in [-0.3, -0.25) is 9.59 Å². The molecule has 37 heavy (non-hydrogen) atoms. The van der Waals surface area contributed by atoms with Crippen molar-refractivity contribution in [2.75, 3.05) is 5.32 Å². The zero-order valence-electron chi connectivity index (χ0n) is 20.3. The van der Waals surface area contributed by atoms with Gasteiger partial charge in [0.05, 0.1) is 11.6 Å². The van der Waals surface area contributed by atoms with E-state index in [0.29, 0.717) is 5.69 Å². The minimum atomic E-state index is -4.70. The quantitative estimate of drug-likeness (QED) is 0.365. The van der Waals surface area contributed by atoms with Crippen molar-refractivity contribution in [1.29, 1.82) is 0 Å². The molecule has 4 rings (SSSR count). The summed E-state index contributed by atoms with van der Waals surface area (Å²) in [6.07, 6.45) is -4.70. The number of anilines is 1. The number of aromatic nitrogens is 1. The van der Waals surface area contributed by atoms with Crippen LogP contribution < -0.4 is 16.6 Å². The second kappa shape index (κ2) is 10.4. The van der Waals surface area contributed by atoms with Crippen molar-refractivity contribution in [1.82, 2.24) is 4.57 Å². The van der Waals surface area contributed by atoms with Crippen LogP contribution in [0.3, 0.4) is 0 Å². The number of amides is 1. The van der Waals surface area contributed by atoms with Gasteiger partial charge in [-0.15, -0.1) is 0 Å². The summed E-state index contributed by atoms with van der Waals surface area (Å²) in [5.41, 5.74) is 7.33. The lowest BCUT2D eigenvalue weighted by molar-refractivity contribution is -0.137. The van der Waals surface area contributed by atoms with Crippen LogP contribution in [0.4, 0.5) is 18.9 Å². The summed E-state index contributed by atoms with van der Waals surface area (Å²) in [7, 11) is 1.50. The maximum atomic E-state index is 14.1. The number of nitrogens with two attached hydrogens (primary N) is 1. The summed E-state index contributed by atoms with van der Waals surface area (Å²) in [5.74, 6) is -1.12.